The van der Waals surface area contributed by atoms with E-state index >= 15 is 0 Å². The Kier molecular flexibility index (Phi) is 4.51. The number of fused-ring (bicyclic) bond motifs is 1. The summed E-state index contributed by atoms with van der Waals surface area (Å²) in [6, 6.07) is 4.98. The van der Waals surface area contributed by atoms with Gasteiger partial charge in [-0.2, -0.15) is 0 Å². The van der Waals surface area contributed by atoms with E-state index in [-0.39, 0.29) is 18.5 Å². The molecule has 19 heavy (non-hydrogen) atoms. The first-order valence-corrected chi connectivity index (χ1v) is 6.79. The minimum atomic E-state index is -0.855. The summed E-state index contributed by atoms with van der Waals surface area (Å²) in [5, 5.41) is 11.2. The second-order valence-electron chi connectivity index (χ2n) is 3.77. The van der Waals surface area contributed by atoms with Crippen LogP contribution in [0.3, 0.4) is 0 Å². The molecule has 102 valence electrons. The highest BCUT2D eigenvalue weighted by Gasteiger charge is 2.15. The van der Waals surface area contributed by atoms with Crippen molar-refractivity contribution in [1.82, 2.24) is 5.32 Å². The molecule has 0 bridgehead atoms. The molecule has 0 aromatic heterocycles. The van der Waals surface area contributed by atoms with Gasteiger partial charge in [0, 0.05) is 17.9 Å². The molecule has 1 aromatic rings. The Labute approximate surface area is 114 Å². The van der Waals surface area contributed by atoms with Crippen LogP contribution in [-0.2, 0) is 4.79 Å². The maximum absolute atomic E-state index is 11.8. The standard InChI is InChI=1S/C12H13NO5S/c14-11(15)6-19-4-3-13-12(16)8-1-2-9-10(5-8)18-7-17-9/h1-2,5H,3-4,6-7H2,(H,13,16)(H,14,15). The van der Waals surface area contributed by atoms with Gasteiger partial charge in [-0.25, -0.2) is 0 Å². The van der Waals surface area contributed by atoms with E-state index in [4.69, 9.17) is 14.6 Å². The smallest absolute Gasteiger partial charge is 0.313 e. The second-order valence-corrected chi connectivity index (χ2v) is 4.88. The molecule has 6 nitrogen and oxygen atoms in total. The van der Waals surface area contributed by atoms with Crippen LogP contribution in [0, 0.1) is 0 Å². The Morgan fingerprint density at radius 1 is 1.32 bits per heavy atom. The predicted octanol–water partition coefficient (Wildman–Crippen LogP) is 0.963. The van der Waals surface area contributed by atoms with Crippen molar-refractivity contribution < 1.29 is 24.2 Å². The van der Waals surface area contributed by atoms with Crippen LogP contribution in [0.15, 0.2) is 18.2 Å². The fourth-order valence-electron chi connectivity index (χ4n) is 1.54. The van der Waals surface area contributed by atoms with Crippen molar-refractivity contribution in [3.63, 3.8) is 0 Å². The van der Waals surface area contributed by atoms with Crippen molar-refractivity contribution in [2.75, 3.05) is 24.8 Å². The van der Waals surface area contributed by atoms with Crippen LogP contribution in [-0.4, -0.2) is 41.8 Å². The zero-order valence-corrected chi connectivity index (χ0v) is 10.9. The maximum Gasteiger partial charge on any atom is 0.313 e. The Morgan fingerprint density at radius 3 is 2.89 bits per heavy atom. The first kappa shape index (κ1) is 13.5. The molecule has 0 atom stereocenters. The molecule has 1 heterocycles. The number of aliphatic carboxylic acids is 1. The third kappa shape index (κ3) is 3.78. The number of hydrogen-bond donors (Lipinski definition) is 2. The molecule has 1 aliphatic rings. The summed E-state index contributed by atoms with van der Waals surface area (Å²) >= 11 is 1.26. The number of benzene rings is 1. The first-order valence-electron chi connectivity index (χ1n) is 5.64. The zero-order valence-electron chi connectivity index (χ0n) is 10.0. The van der Waals surface area contributed by atoms with Crippen molar-refractivity contribution in [2.24, 2.45) is 0 Å². The number of carboxylic acids is 1. The van der Waals surface area contributed by atoms with E-state index in [0.29, 0.717) is 29.4 Å². The molecule has 2 rings (SSSR count). The summed E-state index contributed by atoms with van der Waals surface area (Å²) in [7, 11) is 0. The lowest BCUT2D eigenvalue weighted by Crippen LogP contribution is -2.25. The minimum absolute atomic E-state index is 0.0416. The highest BCUT2D eigenvalue weighted by molar-refractivity contribution is 7.99. The van der Waals surface area contributed by atoms with E-state index in [9.17, 15) is 9.59 Å². The molecule has 0 saturated carbocycles. The fraction of sp³-hybridized carbons (Fsp3) is 0.333. The van der Waals surface area contributed by atoms with E-state index in [2.05, 4.69) is 5.32 Å². The molecule has 0 spiro atoms. The van der Waals surface area contributed by atoms with Gasteiger partial charge in [0.25, 0.3) is 5.91 Å². The molecule has 0 fully saturated rings. The number of carbonyl (C=O) groups is 2. The van der Waals surface area contributed by atoms with Crippen LogP contribution in [0.1, 0.15) is 10.4 Å². The quantitative estimate of drug-likeness (QED) is 0.757. The summed E-state index contributed by atoms with van der Waals surface area (Å²) in [6.45, 7) is 0.595. The topological polar surface area (TPSA) is 84.9 Å². The van der Waals surface area contributed by atoms with E-state index in [1.54, 1.807) is 18.2 Å². The summed E-state index contributed by atoms with van der Waals surface area (Å²) in [5.74, 6) is 0.727. The Balaban J connectivity index is 1.78. The Morgan fingerprint density at radius 2 is 2.11 bits per heavy atom. The van der Waals surface area contributed by atoms with Gasteiger partial charge < -0.3 is 19.9 Å². The average molecular weight is 283 g/mol. The minimum Gasteiger partial charge on any atom is -0.481 e. The van der Waals surface area contributed by atoms with Gasteiger partial charge in [0.05, 0.1) is 5.75 Å². The van der Waals surface area contributed by atoms with Crippen LogP contribution in [0.2, 0.25) is 0 Å². The zero-order chi connectivity index (χ0) is 13.7. The van der Waals surface area contributed by atoms with Gasteiger partial charge in [-0.05, 0) is 18.2 Å². The van der Waals surface area contributed by atoms with E-state index < -0.39 is 5.97 Å². The largest absolute Gasteiger partial charge is 0.481 e. The van der Waals surface area contributed by atoms with Gasteiger partial charge in [-0.15, -0.1) is 11.8 Å². The number of hydrogen-bond acceptors (Lipinski definition) is 5. The number of carboxylic acid groups (broad SMARTS) is 1. The predicted molar refractivity (Wildman–Crippen MR) is 69.9 cm³/mol. The average Bonchev–Trinajstić information content (AvgIpc) is 2.84. The lowest BCUT2D eigenvalue weighted by Gasteiger charge is -2.05. The van der Waals surface area contributed by atoms with Crippen molar-refractivity contribution >= 4 is 23.6 Å². The van der Waals surface area contributed by atoms with Gasteiger partial charge in [-0.1, -0.05) is 0 Å². The van der Waals surface area contributed by atoms with Crippen molar-refractivity contribution in [1.29, 1.82) is 0 Å². The third-order valence-corrected chi connectivity index (χ3v) is 3.34. The van der Waals surface area contributed by atoms with Gasteiger partial charge in [0.2, 0.25) is 6.79 Å². The van der Waals surface area contributed by atoms with Crippen LogP contribution in [0.5, 0.6) is 11.5 Å². The Bertz CT molecular complexity index is 491. The van der Waals surface area contributed by atoms with E-state index in [1.165, 1.54) is 11.8 Å². The summed E-state index contributed by atoms with van der Waals surface area (Å²) < 4.78 is 10.3. The monoisotopic (exact) mass is 283 g/mol. The Hall–Kier alpha value is -1.89. The molecule has 2 N–H and O–H groups in total. The number of carbonyl (C=O) groups excluding carboxylic acids is 1. The molecular formula is C12H13NO5S. The van der Waals surface area contributed by atoms with E-state index in [1.807, 2.05) is 0 Å². The SMILES string of the molecule is O=C(O)CSCCNC(=O)c1ccc2c(c1)OCO2. The highest BCUT2D eigenvalue weighted by Crippen LogP contribution is 2.32. The molecular weight excluding hydrogens is 270 g/mol. The number of amides is 1. The molecule has 7 heteroatoms. The van der Waals surface area contributed by atoms with Crippen LogP contribution < -0.4 is 14.8 Å². The molecule has 0 radical (unpaired) electrons. The van der Waals surface area contributed by atoms with Crippen LogP contribution in [0.4, 0.5) is 0 Å². The van der Waals surface area contributed by atoms with Crippen LogP contribution >= 0.6 is 11.8 Å². The lowest BCUT2D eigenvalue weighted by molar-refractivity contribution is -0.133. The van der Waals surface area contributed by atoms with Gasteiger partial charge in [0.15, 0.2) is 11.5 Å². The summed E-state index contributed by atoms with van der Waals surface area (Å²) in [5.41, 5.74) is 0.493. The lowest BCUT2D eigenvalue weighted by atomic mass is 10.2. The molecule has 0 saturated heterocycles. The number of ether oxygens (including phenoxy) is 2. The fourth-order valence-corrected chi connectivity index (χ4v) is 2.10. The maximum atomic E-state index is 11.8. The second kappa shape index (κ2) is 6.33. The molecule has 1 aromatic carbocycles. The van der Waals surface area contributed by atoms with Gasteiger partial charge >= 0.3 is 5.97 Å². The van der Waals surface area contributed by atoms with Gasteiger partial charge in [-0.3, -0.25) is 9.59 Å². The van der Waals surface area contributed by atoms with E-state index in [0.717, 1.165) is 0 Å². The summed E-state index contributed by atoms with van der Waals surface area (Å²) in [4.78, 5) is 22.1. The number of nitrogens with one attached hydrogen (secondary N) is 1. The van der Waals surface area contributed by atoms with Crippen LogP contribution in [0.25, 0.3) is 0 Å². The van der Waals surface area contributed by atoms with Crippen molar-refractivity contribution in [3.8, 4) is 11.5 Å². The molecule has 1 aliphatic heterocycles. The molecule has 0 unspecified atom stereocenters. The summed E-state index contributed by atoms with van der Waals surface area (Å²) in [6.07, 6.45) is 0. The number of thioether (sulfide) groups is 1. The molecule has 1 amide bonds. The highest BCUT2D eigenvalue weighted by atomic mass is 32.2. The molecule has 0 aliphatic carbocycles. The first-order chi connectivity index (χ1) is 9.16. The normalized spacial score (nSPS) is 12.2. The van der Waals surface area contributed by atoms with Crippen molar-refractivity contribution in [3.05, 3.63) is 23.8 Å². The number of rotatable bonds is 6. The van der Waals surface area contributed by atoms with Gasteiger partial charge in [0.1, 0.15) is 0 Å². The third-order valence-electron chi connectivity index (χ3n) is 2.39. The van der Waals surface area contributed by atoms with Crippen molar-refractivity contribution in [2.45, 2.75) is 0 Å².